The number of pyridine rings is 1. The zero-order chi connectivity index (χ0) is 20.8. The molecule has 0 saturated carbocycles. The fourth-order valence-electron chi connectivity index (χ4n) is 4.62. The molecule has 1 fully saturated rings. The van der Waals surface area contributed by atoms with Gasteiger partial charge in [-0.05, 0) is 62.2 Å². The molecule has 30 heavy (non-hydrogen) atoms. The second-order valence-corrected chi connectivity index (χ2v) is 9.72. The minimum atomic E-state index is -1.08. The van der Waals surface area contributed by atoms with E-state index in [1.165, 1.54) is 19.3 Å². The van der Waals surface area contributed by atoms with Gasteiger partial charge in [0.25, 0.3) is 0 Å². The van der Waals surface area contributed by atoms with E-state index in [1.54, 1.807) is 7.11 Å². The fourth-order valence-corrected chi connectivity index (χ4v) is 6.00. The van der Waals surface area contributed by atoms with Crippen molar-refractivity contribution in [1.29, 1.82) is 0 Å². The van der Waals surface area contributed by atoms with Gasteiger partial charge in [-0.25, -0.2) is 4.98 Å². The molecular formula is C24H26N2O3S. The lowest BCUT2D eigenvalue weighted by atomic mass is 9.99. The van der Waals surface area contributed by atoms with E-state index in [9.17, 15) is 9.32 Å². The van der Waals surface area contributed by atoms with E-state index in [2.05, 4.69) is 11.0 Å². The topological polar surface area (TPSA) is 62.7 Å². The third-order valence-corrected chi connectivity index (χ3v) is 7.60. The van der Waals surface area contributed by atoms with E-state index < -0.39 is 10.8 Å². The van der Waals surface area contributed by atoms with Gasteiger partial charge < -0.3 is 9.84 Å². The van der Waals surface area contributed by atoms with Crippen LogP contribution in [0.4, 0.5) is 0 Å². The van der Waals surface area contributed by atoms with Crippen LogP contribution in [-0.4, -0.2) is 39.4 Å². The van der Waals surface area contributed by atoms with Gasteiger partial charge in [-0.2, -0.15) is 0 Å². The molecule has 1 unspecified atom stereocenters. The second-order valence-electron chi connectivity index (χ2n) is 8.30. The molecule has 2 aliphatic heterocycles. The number of aromatic hydroxyl groups is 1. The van der Waals surface area contributed by atoms with Crippen molar-refractivity contribution in [3.63, 3.8) is 0 Å². The van der Waals surface area contributed by atoms with Crippen molar-refractivity contribution in [2.75, 3.05) is 20.2 Å². The molecular weight excluding hydrogens is 396 g/mol. The van der Waals surface area contributed by atoms with Gasteiger partial charge >= 0.3 is 0 Å². The normalized spacial score (nSPS) is 18.8. The summed E-state index contributed by atoms with van der Waals surface area (Å²) in [6.07, 6.45) is 3.63. The monoisotopic (exact) mass is 422 g/mol. The molecule has 0 amide bonds. The largest absolute Gasteiger partial charge is 0.504 e. The lowest BCUT2D eigenvalue weighted by Crippen LogP contribution is -2.29. The number of benzene rings is 2. The van der Waals surface area contributed by atoms with Crippen LogP contribution in [-0.2, 0) is 23.1 Å². The number of phenolic OH excluding ortho intramolecular Hbond substituents is 1. The van der Waals surface area contributed by atoms with Crippen LogP contribution in [0.2, 0.25) is 0 Å². The Morgan fingerprint density at radius 1 is 1.17 bits per heavy atom. The highest BCUT2D eigenvalue weighted by Crippen LogP contribution is 2.41. The molecule has 0 aliphatic carbocycles. The average Bonchev–Trinajstić information content (AvgIpc) is 2.75. The summed E-state index contributed by atoms with van der Waals surface area (Å²) in [6, 6.07) is 9.97. The Morgan fingerprint density at radius 3 is 2.73 bits per heavy atom. The summed E-state index contributed by atoms with van der Waals surface area (Å²) in [7, 11) is 0.493. The fraction of sp³-hybridized carbons (Fsp3) is 0.375. The van der Waals surface area contributed by atoms with Crippen molar-refractivity contribution in [3.05, 3.63) is 47.0 Å². The molecule has 3 heterocycles. The SMILES string of the molecule is COc1cc2cc3c(nc2c(CN2CCCCC2)c1O)-c1ccc(C)cc1S(=O)C3. The van der Waals surface area contributed by atoms with Crippen molar-refractivity contribution in [2.45, 2.75) is 43.4 Å². The van der Waals surface area contributed by atoms with Crippen molar-refractivity contribution >= 4 is 21.7 Å². The highest BCUT2D eigenvalue weighted by atomic mass is 32.2. The molecule has 3 aromatic rings. The summed E-state index contributed by atoms with van der Waals surface area (Å²) in [6.45, 7) is 4.73. The number of phenols is 1. The van der Waals surface area contributed by atoms with Gasteiger partial charge in [-0.1, -0.05) is 18.6 Å². The number of aromatic nitrogens is 1. The molecule has 1 aromatic heterocycles. The van der Waals surface area contributed by atoms with Crippen LogP contribution in [0.3, 0.4) is 0 Å². The number of ether oxygens (including phenoxy) is 1. The maximum Gasteiger partial charge on any atom is 0.164 e. The average molecular weight is 423 g/mol. The van der Waals surface area contributed by atoms with Crippen molar-refractivity contribution < 1.29 is 14.1 Å². The quantitative estimate of drug-likeness (QED) is 0.672. The molecule has 1 N–H and O–H groups in total. The number of piperidine rings is 1. The Kier molecular flexibility index (Phi) is 4.99. The number of aryl methyl sites for hydroxylation is 1. The molecule has 1 atom stereocenters. The first-order valence-corrected chi connectivity index (χ1v) is 11.8. The molecule has 156 valence electrons. The number of likely N-dealkylation sites (tertiary alicyclic amines) is 1. The second kappa shape index (κ2) is 7.67. The number of methoxy groups -OCH3 is 1. The van der Waals surface area contributed by atoms with Gasteiger partial charge in [0.2, 0.25) is 0 Å². The van der Waals surface area contributed by atoms with Gasteiger partial charge in [-0.15, -0.1) is 0 Å². The van der Waals surface area contributed by atoms with Gasteiger partial charge in [-0.3, -0.25) is 9.11 Å². The van der Waals surface area contributed by atoms with Crippen LogP contribution in [0, 0.1) is 6.92 Å². The van der Waals surface area contributed by atoms with E-state index in [-0.39, 0.29) is 5.75 Å². The van der Waals surface area contributed by atoms with E-state index in [1.807, 2.05) is 31.2 Å². The van der Waals surface area contributed by atoms with Gasteiger partial charge in [0.15, 0.2) is 11.5 Å². The van der Waals surface area contributed by atoms with Crippen molar-refractivity contribution in [1.82, 2.24) is 9.88 Å². The highest BCUT2D eigenvalue weighted by Gasteiger charge is 2.26. The summed E-state index contributed by atoms with van der Waals surface area (Å²) in [5.74, 6) is 1.09. The molecule has 5 nitrogen and oxygen atoms in total. The molecule has 2 aromatic carbocycles. The number of fused-ring (bicyclic) bond motifs is 4. The Bertz CT molecular complexity index is 1170. The summed E-state index contributed by atoms with van der Waals surface area (Å²) in [5.41, 5.74) is 5.50. The molecule has 0 bridgehead atoms. The number of hydrogen-bond acceptors (Lipinski definition) is 5. The summed E-state index contributed by atoms with van der Waals surface area (Å²) >= 11 is 0. The number of hydrogen-bond donors (Lipinski definition) is 1. The van der Waals surface area contributed by atoms with Gasteiger partial charge in [0.05, 0.1) is 34.9 Å². The van der Waals surface area contributed by atoms with E-state index >= 15 is 0 Å². The van der Waals surface area contributed by atoms with Crippen LogP contribution in [0.15, 0.2) is 35.2 Å². The first-order valence-electron chi connectivity index (χ1n) is 10.5. The lowest BCUT2D eigenvalue weighted by Gasteiger charge is -2.28. The smallest absolute Gasteiger partial charge is 0.164 e. The lowest BCUT2D eigenvalue weighted by molar-refractivity contribution is 0.218. The maximum atomic E-state index is 12.9. The Balaban J connectivity index is 1.71. The van der Waals surface area contributed by atoms with Crippen LogP contribution in [0.1, 0.15) is 36.0 Å². The third-order valence-electron chi connectivity index (χ3n) is 6.20. The molecule has 6 heteroatoms. The van der Waals surface area contributed by atoms with E-state index in [0.29, 0.717) is 18.0 Å². The standard InChI is InChI=1S/C24H26N2O3S/c1-15-6-7-18-21(10-15)30(28)14-17-11-16-12-20(29-2)24(27)19(22(16)25-23(17)18)13-26-8-4-3-5-9-26/h6-7,10-12,27H,3-5,8-9,13-14H2,1-2H3. The minimum absolute atomic E-state index is 0.173. The Hall–Kier alpha value is -2.44. The maximum absolute atomic E-state index is 12.9. The van der Waals surface area contributed by atoms with Crippen molar-refractivity contribution in [2.24, 2.45) is 0 Å². The summed E-state index contributed by atoms with van der Waals surface area (Å²) in [4.78, 5) is 8.28. The third kappa shape index (κ3) is 3.28. The van der Waals surface area contributed by atoms with Crippen LogP contribution in [0.25, 0.3) is 22.2 Å². The summed E-state index contributed by atoms with van der Waals surface area (Å²) < 4.78 is 18.3. The highest BCUT2D eigenvalue weighted by molar-refractivity contribution is 7.84. The van der Waals surface area contributed by atoms with Crippen molar-refractivity contribution in [3.8, 4) is 22.8 Å². The first kappa shape index (κ1) is 19.5. The molecule has 1 saturated heterocycles. The molecule has 0 spiro atoms. The van der Waals surface area contributed by atoms with Gasteiger partial charge in [0.1, 0.15) is 0 Å². The first-order chi connectivity index (χ1) is 14.5. The Morgan fingerprint density at radius 2 is 1.97 bits per heavy atom. The van der Waals surface area contributed by atoms with Crippen LogP contribution in [0.5, 0.6) is 11.5 Å². The Labute approximate surface area is 179 Å². The zero-order valence-electron chi connectivity index (χ0n) is 17.4. The van der Waals surface area contributed by atoms with E-state index in [0.717, 1.165) is 56.8 Å². The molecule has 5 rings (SSSR count). The van der Waals surface area contributed by atoms with Crippen LogP contribution >= 0.6 is 0 Å². The zero-order valence-corrected chi connectivity index (χ0v) is 18.2. The van der Waals surface area contributed by atoms with Crippen LogP contribution < -0.4 is 4.74 Å². The predicted octanol–water partition coefficient (Wildman–Crippen LogP) is 4.53. The summed E-state index contributed by atoms with van der Waals surface area (Å²) in [5, 5.41) is 11.9. The number of nitrogens with zero attached hydrogens (tertiary/aromatic N) is 2. The molecule has 0 radical (unpaired) electrons. The van der Waals surface area contributed by atoms with Gasteiger partial charge in [0, 0.05) is 28.0 Å². The predicted molar refractivity (Wildman–Crippen MR) is 119 cm³/mol. The minimum Gasteiger partial charge on any atom is -0.504 e. The van der Waals surface area contributed by atoms with E-state index in [4.69, 9.17) is 9.72 Å². The number of rotatable bonds is 3. The molecule has 2 aliphatic rings.